The number of carboxylic acid groups (broad SMARTS) is 2. The highest BCUT2D eigenvalue weighted by atomic mass is 32.2. The fourth-order valence-corrected chi connectivity index (χ4v) is 3.05. The van der Waals surface area contributed by atoms with E-state index in [4.69, 9.17) is 21.1 Å². The van der Waals surface area contributed by atoms with Gasteiger partial charge in [-0.2, -0.15) is 12.6 Å². The van der Waals surface area contributed by atoms with Gasteiger partial charge in [-0.25, -0.2) is 18.4 Å². The molecule has 0 aromatic rings. The second-order valence-corrected chi connectivity index (χ2v) is 8.92. The van der Waals surface area contributed by atoms with Crippen molar-refractivity contribution in [3.05, 3.63) is 0 Å². The molecule has 0 rings (SSSR count). The molecular formula is C15H28N4O8S2. The van der Waals surface area contributed by atoms with Crippen LogP contribution < -0.4 is 21.5 Å². The van der Waals surface area contributed by atoms with Crippen LogP contribution >= 0.6 is 12.6 Å². The summed E-state index contributed by atoms with van der Waals surface area (Å²) < 4.78 is 22.0. The van der Waals surface area contributed by atoms with Gasteiger partial charge >= 0.3 is 11.9 Å². The molecule has 0 saturated carbocycles. The van der Waals surface area contributed by atoms with E-state index in [1.165, 1.54) is 0 Å². The molecule has 0 aliphatic carbocycles. The Kier molecular flexibility index (Phi) is 11.2. The summed E-state index contributed by atoms with van der Waals surface area (Å²) in [5.41, 5.74) is 5.76. The number of nitrogens with two attached hydrogens (primary N) is 2. The van der Waals surface area contributed by atoms with Crippen molar-refractivity contribution >= 4 is 46.4 Å². The molecule has 2 amide bonds. The summed E-state index contributed by atoms with van der Waals surface area (Å²) >= 11 is 4.06. The minimum absolute atomic E-state index is 0.139. The van der Waals surface area contributed by atoms with Crippen LogP contribution in [0, 0.1) is 5.92 Å². The first-order valence-electron chi connectivity index (χ1n) is 8.69. The third kappa shape index (κ3) is 10.4. The smallest absolute Gasteiger partial charge is 0.326 e. The standard InChI is InChI=1S/C15H28N4O8S2/c1-3-7(2)11(13(22)18-9(15(24)25)6-10(20)21)19-14(23)12(28)8(16)4-5-29(17,26)27/h7-9,11-12,28H,3-6,16H2,1-2H3,(H,18,22)(H,19,23)(H,20,21)(H,24,25)(H2,17,26,27)/t7-,8?,9+,11+,12?/m1/s1. The minimum atomic E-state index is -3.78. The number of carboxylic acids is 2. The number of hydrogen-bond acceptors (Lipinski definition) is 8. The van der Waals surface area contributed by atoms with Crippen LogP contribution in [0.2, 0.25) is 0 Å². The summed E-state index contributed by atoms with van der Waals surface area (Å²) in [6.45, 7) is 3.37. The Morgan fingerprint density at radius 1 is 1.10 bits per heavy atom. The average Bonchev–Trinajstić information content (AvgIpc) is 2.60. The molecule has 2 unspecified atom stereocenters. The maximum atomic E-state index is 12.5. The van der Waals surface area contributed by atoms with Crippen molar-refractivity contribution in [3.63, 3.8) is 0 Å². The molecule has 0 spiro atoms. The molecule has 0 bridgehead atoms. The van der Waals surface area contributed by atoms with E-state index < -0.39 is 75.2 Å². The van der Waals surface area contributed by atoms with Gasteiger partial charge in [-0.1, -0.05) is 20.3 Å². The first-order chi connectivity index (χ1) is 13.2. The first kappa shape index (κ1) is 27.1. The van der Waals surface area contributed by atoms with Crippen LogP contribution in [0.3, 0.4) is 0 Å². The molecule has 8 N–H and O–H groups in total. The summed E-state index contributed by atoms with van der Waals surface area (Å²) in [5.74, 6) is -5.48. The van der Waals surface area contributed by atoms with Gasteiger partial charge in [-0.3, -0.25) is 14.4 Å². The fraction of sp³-hybridized carbons (Fsp3) is 0.733. The molecule has 29 heavy (non-hydrogen) atoms. The molecule has 0 radical (unpaired) electrons. The minimum Gasteiger partial charge on any atom is -0.481 e. The van der Waals surface area contributed by atoms with E-state index >= 15 is 0 Å². The number of rotatable bonds is 13. The monoisotopic (exact) mass is 456 g/mol. The van der Waals surface area contributed by atoms with Gasteiger partial charge in [0.15, 0.2) is 0 Å². The van der Waals surface area contributed by atoms with E-state index in [2.05, 4.69) is 23.3 Å². The fourth-order valence-electron chi connectivity index (χ4n) is 2.23. The van der Waals surface area contributed by atoms with Crippen molar-refractivity contribution in [2.24, 2.45) is 16.8 Å². The van der Waals surface area contributed by atoms with Crippen molar-refractivity contribution in [2.75, 3.05) is 5.75 Å². The van der Waals surface area contributed by atoms with E-state index in [1.807, 2.05) is 0 Å². The molecule has 168 valence electrons. The van der Waals surface area contributed by atoms with Gasteiger partial charge in [0.2, 0.25) is 21.8 Å². The molecule has 0 aromatic heterocycles. The Balaban J connectivity index is 5.22. The average molecular weight is 457 g/mol. The van der Waals surface area contributed by atoms with E-state index in [9.17, 15) is 27.6 Å². The zero-order valence-electron chi connectivity index (χ0n) is 16.1. The number of thiol groups is 1. The quantitative estimate of drug-likeness (QED) is 0.150. The van der Waals surface area contributed by atoms with E-state index in [0.717, 1.165) is 0 Å². The number of carbonyl (C=O) groups excluding carboxylic acids is 2. The van der Waals surface area contributed by atoms with Crippen LogP contribution in [0.5, 0.6) is 0 Å². The van der Waals surface area contributed by atoms with Crippen molar-refractivity contribution in [2.45, 2.75) is 56.5 Å². The molecule has 0 saturated heterocycles. The summed E-state index contributed by atoms with van der Waals surface area (Å²) in [4.78, 5) is 46.8. The van der Waals surface area contributed by atoms with Crippen LogP contribution in [0.1, 0.15) is 33.1 Å². The highest BCUT2D eigenvalue weighted by molar-refractivity contribution is 7.89. The molecule has 14 heteroatoms. The summed E-state index contributed by atoms with van der Waals surface area (Å²) in [7, 11) is -3.78. The topological polar surface area (TPSA) is 219 Å². The number of primary sulfonamides is 1. The van der Waals surface area contributed by atoms with Crippen molar-refractivity contribution < 1.29 is 37.8 Å². The predicted octanol–water partition coefficient (Wildman–Crippen LogP) is -2.13. The molecule has 0 aliphatic heterocycles. The number of nitrogens with one attached hydrogen (secondary N) is 2. The number of sulfonamides is 1. The maximum absolute atomic E-state index is 12.5. The molecule has 0 aromatic carbocycles. The predicted molar refractivity (Wildman–Crippen MR) is 107 cm³/mol. The summed E-state index contributed by atoms with van der Waals surface area (Å²) in [5, 5.41) is 26.1. The van der Waals surface area contributed by atoms with E-state index in [1.54, 1.807) is 13.8 Å². The number of aliphatic carboxylic acids is 2. The molecule has 0 heterocycles. The van der Waals surface area contributed by atoms with E-state index in [0.29, 0.717) is 6.42 Å². The molecule has 12 nitrogen and oxygen atoms in total. The van der Waals surface area contributed by atoms with E-state index in [-0.39, 0.29) is 6.42 Å². The van der Waals surface area contributed by atoms with Gasteiger partial charge in [-0.15, -0.1) is 0 Å². The number of amides is 2. The summed E-state index contributed by atoms with van der Waals surface area (Å²) in [6, 6.07) is -3.83. The van der Waals surface area contributed by atoms with Crippen LogP contribution in [0.4, 0.5) is 0 Å². The Labute approximate surface area is 174 Å². The normalized spacial score (nSPS) is 16.7. The lowest BCUT2D eigenvalue weighted by atomic mass is 9.97. The number of carbonyl (C=O) groups is 4. The zero-order valence-corrected chi connectivity index (χ0v) is 17.8. The maximum Gasteiger partial charge on any atom is 0.326 e. The zero-order chi connectivity index (χ0) is 22.9. The first-order valence-corrected chi connectivity index (χ1v) is 10.9. The van der Waals surface area contributed by atoms with Crippen molar-refractivity contribution in [1.29, 1.82) is 0 Å². The largest absolute Gasteiger partial charge is 0.481 e. The van der Waals surface area contributed by atoms with Gasteiger partial charge in [0.1, 0.15) is 12.1 Å². The number of hydrogen-bond donors (Lipinski definition) is 7. The van der Waals surface area contributed by atoms with Crippen LogP contribution in [0.25, 0.3) is 0 Å². The van der Waals surface area contributed by atoms with Crippen LogP contribution in [0.15, 0.2) is 0 Å². The molecule has 5 atom stereocenters. The van der Waals surface area contributed by atoms with Crippen molar-refractivity contribution in [1.82, 2.24) is 10.6 Å². The lowest BCUT2D eigenvalue weighted by Crippen LogP contribution is -2.57. The van der Waals surface area contributed by atoms with Gasteiger partial charge in [0.25, 0.3) is 0 Å². The molecule has 0 aliphatic rings. The van der Waals surface area contributed by atoms with Crippen LogP contribution in [-0.4, -0.2) is 71.5 Å². The van der Waals surface area contributed by atoms with Gasteiger partial charge in [-0.05, 0) is 12.3 Å². The Hall–Kier alpha value is -1.90. The lowest BCUT2D eigenvalue weighted by Gasteiger charge is -2.27. The van der Waals surface area contributed by atoms with Gasteiger partial charge in [0.05, 0.1) is 17.4 Å². The highest BCUT2D eigenvalue weighted by Gasteiger charge is 2.33. The lowest BCUT2D eigenvalue weighted by molar-refractivity contribution is -0.147. The van der Waals surface area contributed by atoms with Gasteiger partial charge in [0, 0.05) is 6.04 Å². The Bertz CT molecular complexity index is 715. The van der Waals surface area contributed by atoms with Crippen LogP contribution in [-0.2, 0) is 29.2 Å². The SMILES string of the molecule is CC[C@@H](C)[C@H](NC(=O)C(S)C(N)CCS(N)(=O)=O)C(=O)N[C@@H](CC(=O)O)C(=O)O. The summed E-state index contributed by atoms with van der Waals surface area (Å²) in [6.07, 6.45) is -0.542. The second kappa shape index (κ2) is 11.9. The molecule has 0 fully saturated rings. The Morgan fingerprint density at radius 3 is 2.07 bits per heavy atom. The third-order valence-corrected chi connectivity index (χ3v) is 5.62. The van der Waals surface area contributed by atoms with Crippen molar-refractivity contribution in [3.8, 4) is 0 Å². The molecular weight excluding hydrogens is 428 g/mol. The second-order valence-electron chi connectivity index (χ2n) is 6.63. The van der Waals surface area contributed by atoms with Gasteiger partial charge < -0.3 is 26.6 Å². The highest BCUT2D eigenvalue weighted by Crippen LogP contribution is 2.12. The Morgan fingerprint density at radius 2 is 1.66 bits per heavy atom. The third-order valence-electron chi connectivity index (χ3n) is 4.20.